The van der Waals surface area contributed by atoms with E-state index >= 15 is 0 Å². The van der Waals surface area contributed by atoms with E-state index in [0.29, 0.717) is 0 Å². The molecule has 3 aromatic heterocycles. The third-order valence-corrected chi connectivity index (χ3v) is 8.71. The van der Waals surface area contributed by atoms with Crippen LogP contribution >= 0.6 is 0 Å². The quantitative estimate of drug-likeness (QED) is 0.210. The van der Waals surface area contributed by atoms with Gasteiger partial charge in [-0.1, -0.05) is 78.9 Å². The van der Waals surface area contributed by atoms with Crippen molar-refractivity contribution in [2.24, 2.45) is 0 Å². The minimum absolute atomic E-state index is 0.866. The second-order valence-electron chi connectivity index (χ2n) is 11.0. The van der Waals surface area contributed by atoms with E-state index in [4.69, 9.17) is 14.4 Å². The number of rotatable bonds is 1. The van der Waals surface area contributed by atoms with Gasteiger partial charge in [-0.3, -0.25) is 4.57 Å². The fraction of sp³-hybridized carbons (Fsp3) is 0. The molecule has 0 atom stereocenters. The van der Waals surface area contributed by atoms with Crippen molar-refractivity contribution in [3.8, 4) is 39.3 Å². The van der Waals surface area contributed by atoms with E-state index in [2.05, 4.69) is 95.6 Å². The molecule has 0 bridgehead atoms. The average Bonchev–Trinajstić information content (AvgIpc) is 3.55. The second-order valence-corrected chi connectivity index (χ2v) is 11.0. The number of para-hydroxylation sites is 4. The van der Waals surface area contributed by atoms with Crippen LogP contribution in [0.25, 0.3) is 94.1 Å². The van der Waals surface area contributed by atoms with Gasteiger partial charge in [-0.05, 0) is 65.2 Å². The molecule has 4 heteroatoms. The first-order valence-corrected chi connectivity index (χ1v) is 14.2. The van der Waals surface area contributed by atoms with Crippen LogP contribution in [0.4, 0.5) is 0 Å². The highest BCUT2D eigenvalue weighted by atomic mass is 16.3. The SMILES string of the molecule is c1ccc2c(c1)-c1nc3ccccc3nc1-n1c3ccccc3c3cc(-c4ccc5oc6ccccc6c5c4)cc-2c31. The van der Waals surface area contributed by atoms with Gasteiger partial charge in [-0.25, -0.2) is 9.97 Å². The van der Waals surface area contributed by atoms with Crippen molar-refractivity contribution in [3.63, 3.8) is 0 Å². The summed E-state index contributed by atoms with van der Waals surface area (Å²) in [6.07, 6.45) is 0. The number of benzene rings is 6. The van der Waals surface area contributed by atoms with Crippen LogP contribution in [0.1, 0.15) is 0 Å². The Bertz CT molecular complexity index is 2590. The summed E-state index contributed by atoms with van der Waals surface area (Å²) >= 11 is 0. The second kappa shape index (κ2) is 7.93. The molecule has 6 aromatic carbocycles. The Hall–Kier alpha value is -5.74. The van der Waals surface area contributed by atoms with Crippen molar-refractivity contribution >= 4 is 54.8 Å². The number of hydrogen-bond acceptors (Lipinski definition) is 3. The molecule has 10 rings (SSSR count). The summed E-state index contributed by atoms with van der Waals surface area (Å²) in [5, 5.41) is 4.66. The lowest BCUT2D eigenvalue weighted by Gasteiger charge is -2.12. The lowest BCUT2D eigenvalue weighted by molar-refractivity contribution is 0.669. The van der Waals surface area contributed by atoms with Crippen LogP contribution in [0.2, 0.25) is 0 Å². The standard InChI is InChI=1S/C38H21N3O/c1-2-12-27-24(9-1)29-20-23(22-17-18-35-28(19-22)26-11-4-8-16-34(26)42-35)21-30-25-10-3-7-15-33(25)41(37(29)30)38-36(27)39-31-13-5-6-14-32(31)40-38/h1-21H. The van der Waals surface area contributed by atoms with Crippen molar-refractivity contribution in [3.05, 3.63) is 127 Å². The van der Waals surface area contributed by atoms with Crippen LogP contribution in [0, 0.1) is 0 Å². The van der Waals surface area contributed by atoms with Crippen LogP contribution in [0.3, 0.4) is 0 Å². The van der Waals surface area contributed by atoms with Gasteiger partial charge in [-0.15, -0.1) is 0 Å². The van der Waals surface area contributed by atoms with Crippen LogP contribution in [-0.4, -0.2) is 14.5 Å². The van der Waals surface area contributed by atoms with E-state index in [1.807, 2.05) is 36.4 Å². The number of aromatic nitrogens is 3. The summed E-state index contributed by atoms with van der Waals surface area (Å²) in [6, 6.07) is 44.8. The van der Waals surface area contributed by atoms with Gasteiger partial charge in [0.05, 0.1) is 22.1 Å². The lowest BCUT2D eigenvalue weighted by Crippen LogP contribution is -2.02. The molecule has 1 aliphatic rings. The molecule has 0 N–H and O–H groups in total. The molecular formula is C38H21N3O. The van der Waals surface area contributed by atoms with Crippen molar-refractivity contribution < 1.29 is 4.42 Å². The van der Waals surface area contributed by atoms with E-state index in [9.17, 15) is 0 Å². The Morgan fingerprint density at radius 3 is 2.07 bits per heavy atom. The molecular weight excluding hydrogens is 514 g/mol. The third kappa shape index (κ3) is 2.85. The molecule has 0 fully saturated rings. The molecule has 0 aliphatic carbocycles. The molecule has 4 nitrogen and oxygen atoms in total. The Kier molecular flexibility index (Phi) is 4.15. The Morgan fingerprint density at radius 2 is 1.17 bits per heavy atom. The molecule has 0 amide bonds. The number of furan rings is 1. The van der Waals surface area contributed by atoms with E-state index in [1.165, 1.54) is 21.9 Å². The Balaban J connectivity index is 1.36. The first-order chi connectivity index (χ1) is 20.8. The fourth-order valence-electron chi connectivity index (χ4n) is 6.85. The maximum Gasteiger partial charge on any atom is 0.165 e. The minimum Gasteiger partial charge on any atom is -0.456 e. The summed E-state index contributed by atoms with van der Waals surface area (Å²) in [5.41, 5.74) is 12.5. The maximum absolute atomic E-state index is 6.14. The predicted octanol–water partition coefficient (Wildman–Crippen LogP) is 9.94. The van der Waals surface area contributed by atoms with Crippen LogP contribution in [0.15, 0.2) is 132 Å². The molecule has 4 heterocycles. The molecule has 0 saturated carbocycles. The van der Waals surface area contributed by atoms with E-state index in [0.717, 1.165) is 72.2 Å². The van der Waals surface area contributed by atoms with Crippen molar-refractivity contribution in [1.29, 1.82) is 0 Å². The van der Waals surface area contributed by atoms with Gasteiger partial charge in [0.1, 0.15) is 16.9 Å². The van der Waals surface area contributed by atoms with Crippen molar-refractivity contribution in [1.82, 2.24) is 14.5 Å². The van der Waals surface area contributed by atoms with Gasteiger partial charge in [0, 0.05) is 32.7 Å². The lowest BCUT2D eigenvalue weighted by atomic mass is 9.92. The largest absolute Gasteiger partial charge is 0.456 e. The number of nitrogens with zero attached hydrogens (tertiary/aromatic N) is 3. The normalized spacial score (nSPS) is 12.3. The third-order valence-electron chi connectivity index (χ3n) is 8.71. The van der Waals surface area contributed by atoms with Gasteiger partial charge >= 0.3 is 0 Å². The summed E-state index contributed by atoms with van der Waals surface area (Å²) < 4.78 is 8.47. The average molecular weight is 536 g/mol. The minimum atomic E-state index is 0.866. The van der Waals surface area contributed by atoms with E-state index in [1.54, 1.807) is 0 Å². The maximum atomic E-state index is 6.14. The van der Waals surface area contributed by atoms with Crippen LogP contribution in [-0.2, 0) is 0 Å². The Morgan fingerprint density at radius 1 is 0.476 bits per heavy atom. The first-order valence-electron chi connectivity index (χ1n) is 14.2. The Labute approximate surface area is 240 Å². The molecule has 0 unspecified atom stereocenters. The van der Waals surface area contributed by atoms with Gasteiger partial charge in [0.2, 0.25) is 0 Å². The zero-order valence-electron chi connectivity index (χ0n) is 22.4. The molecule has 1 aliphatic heterocycles. The molecule has 9 aromatic rings. The summed E-state index contributed by atoms with van der Waals surface area (Å²) in [7, 11) is 0. The van der Waals surface area contributed by atoms with Crippen LogP contribution < -0.4 is 0 Å². The molecule has 194 valence electrons. The van der Waals surface area contributed by atoms with Gasteiger partial charge in [-0.2, -0.15) is 0 Å². The van der Waals surface area contributed by atoms with Gasteiger partial charge < -0.3 is 4.42 Å². The highest BCUT2D eigenvalue weighted by Gasteiger charge is 2.27. The molecule has 42 heavy (non-hydrogen) atoms. The summed E-state index contributed by atoms with van der Waals surface area (Å²) in [5.74, 6) is 0.866. The topological polar surface area (TPSA) is 43.9 Å². The molecule has 0 radical (unpaired) electrons. The monoisotopic (exact) mass is 535 g/mol. The molecule has 0 saturated heterocycles. The van der Waals surface area contributed by atoms with Gasteiger partial charge in [0.25, 0.3) is 0 Å². The molecule has 0 spiro atoms. The first kappa shape index (κ1) is 22.0. The van der Waals surface area contributed by atoms with Gasteiger partial charge in [0.15, 0.2) is 5.82 Å². The predicted molar refractivity (Wildman–Crippen MR) is 171 cm³/mol. The summed E-state index contributed by atoms with van der Waals surface area (Å²) in [6.45, 7) is 0. The van der Waals surface area contributed by atoms with E-state index < -0.39 is 0 Å². The zero-order valence-corrected chi connectivity index (χ0v) is 22.4. The number of hydrogen-bond donors (Lipinski definition) is 0. The highest BCUT2D eigenvalue weighted by Crippen LogP contribution is 2.47. The zero-order chi connectivity index (χ0) is 27.4. The van der Waals surface area contributed by atoms with Crippen molar-refractivity contribution in [2.45, 2.75) is 0 Å². The highest BCUT2D eigenvalue weighted by molar-refractivity contribution is 6.18. The fourth-order valence-corrected chi connectivity index (χ4v) is 6.85. The van der Waals surface area contributed by atoms with Crippen molar-refractivity contribution in [2.75, 3.05) is 0 Å². The summed E-state index contributed by atoms with van der Waals surface area (Å²) in [4.78, 5) is 10.5. The smallest absolute Gasteiger partial charge is 0.165 e. The van der Waals surface area contributed by atoms with Crippen LogP contribution in [0.5, 0.6) is 0 Å². The van der Waals surface area contributed by atoms with E-state index in [-0.39, 0.29) is 0 Å². The number of fused-ring (bicyclic) bond motifs is 12.